The Hall–Kier alpha value is -1.62. The smallest absolute Gasteiger partial charge is 0.308 e. The van der Waals surface area contributed by atoms with Gasteiger partial charge < -0.3 is 19.7 Å². The van der Waals surface area contributed by atoms with Gasteiger partial charge >= 0.3 is 5.97 Å². The number of rotatable bonds is 4. The highest BCUT2D eigenvalue weighted by Gasteiger charge is 2.19. The molecule has 0 spiro atoms. The van der Waals surface area contributed by atoms with Crippen LogP contribution < -0.4 is 9.47 Å². The van der Waals surface area contributed by atoms with Crippen LogP contribution in [0.1, 0.15) is 5.56 Å². The normalized spacial score (nSPS) is 9.94. The monoisotopic (exact) mass is 246 g/mol. The minimum atomic E-state index is -1.09. The van der Waals surface area contributed by atoms with Crippen LogP contribution in [0.5, 0.6) is 17.2 Å². The van der Waals surface area contributed by atoms with Gasteiger partial charge in [0, 0.05) is 11.6 Å². The van der Waals surface area contributed by atoms with Gasteiger partial charge in [0.25, 0.3) is 0 Å². The van der Waals surface area contributed by atoms with Crippen LogP contribution in [0.25, 0.3) is 0 Å². The number of carboxylic acid groups (broad SMARTS) is 1. The van der Waals surface area contributed by atoms with Crippen molar-refractivity contribution in [2.45, 2.75) is 6.42 Å². The summed E-state index contributed by atoms with van der Waals surface area (Å²) in [5.41, 5.74) is 0.104. The number of aromatic hydroxyl groups is 1. The predicted molar refractivity (Wildman–Crippen MR) is 57.6 cm³/mol. The number of phenols is 1. The molecule has 0 radical (unpaired) electrons. The zero-order valence-corrected chi connectivity index (χ0v) is 9.54. The van der Waals surface area contributed by atoms with Crippen LogP contribution in [0, 0.1) is 0 Å². The number of benzene rings is 1. The van der Waals surface area contributed by atoms with Gasteiger partial charge in [0.1, 0.15) is 5.75 Å². The summed E-state index contributed by atoms with van der Waals surface area (Å²) in [6.07, 6.45) is -0.384. The molecule has 0 aliphatic rings. The lowest BCUT2D eigenvalue weighted by molar-refractivity contribution is -0.136. The Labute approximate surface area is 97.2 Å². The van der Waals surface area contributed by atoms with Crippen molar-refractivity contribution in [2.24, 2.45) is 0 Å². The number of methoxy groups -OCH3 is 2. The minimum absolute atomic E-state index is 0.0433. The maximum atomic E-state index is 10.6. The fourth-order valence-electron chi connectivity index (χ4n) is 1.30. The lowest BCUT2D eigenvalue weighted by Gasteiger charge is -2.13. The number of ether oxygens (including phenoxy) is 2. The maximum Gasteiger partial charge on any atom is 0.308 e. The van der Waals surface area contributed by atoms with Gasteiger partial charge in [-0.3, -0.25) is 4.79 Å². The molecule has 0 unspecified atom stereocenters. The van der Waals surface area contributed by atoms with E-state index in [0.717, 1.165) is 0 Å². The SMILES string of the molecule is COc1cc(O)c(CC(=O)O)c(Cl)c1OC. The van der Waals surface area contributed by atoms with Gasteiger partial charge in [-0.15, -0.1) is 0 Å². The average molecular weight is 247 g/mol. The van der Waals surface area contributed by atoms with E-state index in [1.54, 1.807) is 0 Å². The molecule has 0 bridgehead atoms. The first-order chi connectivity index (χ1) is 7.51. The standard InChI is InChI=1S/C10H11ClO5/c1-15-7-4-6(12)5(3-8(13)14)9(11)10(7)16-2/h4,12H,3H2,1-2H3,(H,13,14). The molecule has 16 heavy (non-hydrogen) atoms. The Balaban J connectivity index is 3.34. The summed E-state index contributed by atoms with van der Waals surface area (Å²) >= 11 is 5.91. The molecule has 6 heteroatoms. The van der Waals surface area contributed by atoms with E-state index in [2.05, 4.69) is 0 Å². The summed E-state index contributed by atoms with van der Waals surface area (Å²) < 4.78 is 9.92. The molecule has 0 aliphatic heterocycles. The Morgan fingerprint density at radius 2 is 2.06 bits per heavy atom. The fraction of sp³-hybridized carbons (Fsp3) is 0.300. The summed E-state index contributed by atoms with van der Waals surface area (Å²) in [5.74, 6) is -0.869. The lowest BCUT2D eigenvalue weighted by Crippen LogP contribution is -2.03. The molecule has 0 aromatic heterocycles. The molecule has 0 amide bonds. The zero-order valence-electron chi connectivity index (χ0n) is 8.78. The van der Waals surface area contributed by atoms with Crippen LogP contribution in [0.2, 0.25) is 5.02 Å². The van der Waals surface area contributed by atoms with Gasteiger partial charge in [-0.1, -0.05) is 11.6 Å². The van der Waals surface area contributed by atoms with Gasteiger partial charge in [-0.25, -0.2) is 0 Å². The Kier molecular flexibility index (Phi) is 3.84. The van der Waals surface area contributed by atoms with E-state index in [4.69, 9.17) is 26.2 Å². The van der Waals surface area contributed by atoms with Crippen LogP contribution in [-0.4, -0.2) is 30.4 Å². The number of phenolic OH excluding ortho intramolecular Hbond substituents is 1. The molecule has 2 N–H and O–H groups in total. The van der Waals surface area contributed by atoms with E-state index in [0.29, 0.717) is 0 Å². The Bertz CT molecular complexity index is 416. The molecule has 1 rings (SSSR count). The highest BCUT2D eigenvalue weighted by molar-refractivity contribution is 6.33. The molecule has 0 aliphatic carbocycles. The second-order valence-corrected chi connectivity index (χ2v) is 3.37. The number of aliphatic carboxylic acids is 1. The van der Waals surface area contributed by atoms with E-state index in [-0.39, 0.29) is 34.3 Å². The topological polar surface area (TPSA) is 76.0 Å². The van der Waals surface area contributed by atoms with Gasteiger partial charge in [-0.05, 0) is 0 Å². The Morgan fingerprint density at radius 3 is 2.50 bits per heavy atom. The van der Waals surface area contributed by atoms with Crippen molar-refractivity contribution in [1.82, 2.24) is 0 Å². The van der Waals surface area contributed by atoms with E-state index in [1.165, 1.54) is 20.3 Å². The van der Waals surface area contributed by atoms with E-state index >= 15 is 0 Å². The first-order valence-electron chi connectivity index (χ1n) is 4.35. The third kappa shape index (κ3) is 2.30. The molecular formula is C10H11ClO5. The van der Waals surface area contributed by atoms with Crippen molar-refractivity contribution in [2.75, 3.05) is 14.2 Å². The second kappa shape index (κ2) is 4.94. The number of halogens is 1. The number of carboxylic acids is 1. The molecule has 88 valence electrons. The van der Waals surface area contributed by atoms with Crippen LogP contribution in [0.3, 0.4) is 0 Å². The van der Waals surface area contributed by atoms with Gasteiger partial charge in [-0.2, -0.15) is 0 Å². The first kappa shape index (κ1) is 12.4. The van der Waals surface area contributed by atoms with Crippen molar-refractivity contribution in [3.05, 3.63) is 16.7 Å². The van der Waals surface area contributed by atoms with Crippen molar-refractivity contribution in [3.8, 4) is 17.2 Å². The maximum absolute atomic E-state index is 10.6. The zero-order chi connectivity index (χ0) is 12.3. The molecular weight excluding hydrogens is 236 g/mol. The largest absolute Gasteiger partial charge is 0.507 e. The summed E-state index contributed by atoms with van der Waals surface area (Å²) in [6, 6.07) is 1.27. The molecule has 0 fully saturated rings. The van der Waals surface area contributed by atoms with Crippen molar-refractivity contribution < 1.29 is 24.5 Å². The second-order valence-electron chi connectivity index (χ2n) is 2.99. The molecule has 0 heterocycles. The molecule has 0 saturated carbocycles. The molecule has 0 atom stereocenters. The van der Waals surface area contributed by atoms with E-state index < -0.39 is 5.97 Å². The van der Waals surface area contributed by atoms with Crippen LogP contribution >= 0.6 is 11.6 Å². The minimum Gasteiger partial charge on any atom is -0.507 e. The Morgan fingerprint density at radius 1 is 1.44 bits per heavy atom. The van der Waals surface area contributed by atoms with Crippen molar-refractivity contribution in [3.63, 3.8) is 0 Å². The molecule has 5 nitrogen and oxygen atoms in total. The van der Waals surface area contributed by atoms with Crippen LogP contribution in [0.4, 0.5) is 0 Å². The molecule has 1 aromatic carbocycles. The van der Waals surface area contributed by atoms with Gasteiger partial charge in [0.2, 0.25) is 0 Å². The number of hydrogen-bond donors (Lipinski definition) is 2. The van der Waals surface area contributed by atoms with E-state index in [9.17, 15) is 9.90 Å². The number of hydrogen-bond acceptors (Lipinski definition) is 4. The van der Waals surface area contributed by atoms with E-state index in [1.807, 2.05) is 0 Å². The summed E-state index contributed by atoms with van der Waals surface area (Å²) in [5, 5.41) is 18.3. The predicted octanol–water partition coefficient (Wildman–Crippen LogP) is 1.69. The van der Waals surface area contributed by atoms with Gasteiger partial charge in [0.15, 0.2) is 11.5 Å². The fourth-order valence-corrected chi connectivity index (χ4v) is 1.63. The summed E-state index contributed by atoms with van der Waals surface area (Å²) in [6.45, 7) is 0. The molecule has 0 saturated heterocycles. The molecule has 1 aromatic rings. The summed E-state index contributed by atoms with van der Waals surface area (Å²) in [7, 11) is 2.77. The van der Waals surface area contributed by atoms with Crippen LogP contribution in [0.15, 0.2) is 6.07 Å². The quantitative estimate of drug-likeness (QED) is 0.846. The van der Waals surface area contributed by atoms with Crippen molar-refractivity contribution >= 4 is 17.6 Å². The third-order valence-electron chi connectivity index (χ3n) is 2.02. The number of carbonyl (C=O) groups is 1. The summed E-state index contributed by atoms with van der Waals surface area (Å²) in [4.78, 5) is 10.6. The van der Waals surface area contributed by atoms with Crippen molar-refractivity contribution in [1.29, 1.82) is 0 Å². The first-order valence-corrected chi connectivity index (χ1v) is 4.73. The highest BCUT2D eigenvalue weighted by Crippen LogP contribution is 2.42. The highest BCUT2D eigenvalue weighted by atomic mass is 35.5. The third-order valence-corrected chi connectivity index (χ3v) is 2.42. The lowest BCUT2D eigenvalue weighted by atomic mass is 10.1. The van der Waals surface area contributed by atoms with Gasteiger partial charge in [0.05, 0.1) is 25.7 Å². The van der Waals surface area contributed by atoms with Crippen LogP contribution in [-0.2, 0) is 11.2 Å². The average Bonchev–Trinajstić information content (AvgIpc) is 2.23.